The van der Waals surface area contributed by atoms with Crippen molar-refractivity contribution in [3.63, 3.8) is 0 Å². The van der Waals surface area contributed by atoms with E-state index in [1.54, 1.807) is 18.2 Å². The quantitative estimate of drug-likeness (QED) is 0.921. The van der Waals surface area contributed by atoms with Gasteiger partial charge in [0.15, 0.2) is 9.84 Å². The first-order chi connectivity index (χ1) is 10.3. The van der Waals surface area contributed by atoms with Crippen LogP contribution in [0, 0.1) is 0 Å². The fourth-order valence-electron chi connectivity index (χ4n) is 2.52. The fraction of sp³-hybridized carbons (Fsp3) is 0.235. The number of carbonyl (C=O) groups is 1. The molecule has 0 aromatic heterocycles. The van der Waals surface area contributed by atoms with Crippen LogP contribution < -0.4 is 5.73 Å². The average molecular weight is 317 g/mol. The number of hydrogen-bond donors (Lipinski definition) is 1. The second kappa shape index (κ2) is 6.32. The summed E-state index contributed by atoms with van der Waals surface area (Å²) in [6.45, 7) is 1.85. The van der Waals surface area contributed by atoms with Crippen molar-refractivity contribution in [1.29, 1.82) is 0 Å². The highest BCUT2D eigenvalue weighted by Crippen LogP contribution is 2.31. The number of benzene rings is 2. The number of carbonyl (C=O) groups excluding carboxylic acids is 1. The van der Waals surface area contributed by atoms with E-state index in [0.29, 0.717) is 17.5 Å². The Morgan fingerprint density at radius 3 is 2.27 bits per heavy atom. The molecule has 0 saturated carbocycles. The van der Waals surface area contributed by atoms with Gasteiger partial charge < -0.3 is 5.73 Å². The normalized spacial score (nSPS) is 12.8. The van der Waals surface area contributed by atoms with Gasteiger partial charge in [-0.25, -0.2) is 8.42 Å². The zero-order valence-corrected chi connectivity index (χ0v) is 13.4. The Hall–Kier alpha value is -2.14. The monoisotopic (exact) mass is 317 g/mol. The molecule has 116 valence electrons. The minimum atomic E-state index is -3.42. The molecule has 0 aliphatic heterocycles. The van der Waals surface area contributed by atoms with Gasteiger partial charge in [0, 0.05) is 11.8 Å². The molecule has 22 heavy (non-hydrogen) atoms. The minimum Gasteiger partial charge on any atom is -0.369 e. The third kappa shape index (κ3) is 3.36. The molecule has 1 unspecified atom stereocenters. The summed E-state index contributed by atoms with van der Waals surface area (Å²) in [5.74, 6) is -0.931. The Kier molecular flexibility index (Phi) is 4.66. The van der Waals surface area contributed by atoms with E-state index in [0.717, 1.165) is 5.56 Å². The van der Waals surface area contributed by atoms with Gasteiger partial charge in [0.05, 0.1) is 10.8 Å². The summed E-state index contributed by atoms with van der Waals surface area (Å²) in [7, 11) is -3.42. The summed E-state index contributed by atoms with van der Waals surface area (Å²) in [4.78, 5) is 11.7. The van der Waals surface area contributed by atoms with Crippen LogP contribution in [0.5, 0.6) is 0 Å². The van der Waals surface area contributed by atoms with Crippen LogP contribution in [0.1, 0.15) is 24.8 Å². The van der Waals surface area contributed by atoms with E-state index in [2.05, 4.69) is 0 Å². The molecule has 0 spiro atoms. The molecule has 2 aromatic carbocycles. The Labute approximate surface area is 130 Å². The Bertz CT molecular complexity index is 783. The molecule has 0 radical (unpaired) electrons. The fourth-order valence-corrected chi connectivity index (χ4v) is 3.46. The van der Waals surface area contributed by atoms with Crippen molar-refractivity contribution in [3.05, 3.63) is 54.1 Å². The van der Waals surface area contributed by atoms with Crippen LogP contribution in [-0.4, -0.2) is 20.6 Å². The molecule has 2 N–H and O–H groups in total. The van der Waals surface area contributed by atoms with Gasteiger partial charge in [-0.3, -0.25) is 4.79 Å². The summed E-state index contributed by atoms with van der Waals surface area (Å²) in [5, 5.41) is 0. The SMILES string of the molecule is CCC(C(N)=O)c1ccc(-c2ccccc2)c(S(C)(=O)=O)c1. The second-order valence-electron chi connectivity index (χ2n) is 5.26. The third-order valence-electron chi connectivity index (χ3n) is 3.64. The van der Waals surface area contributed by atoms with Crippen molar-refractivity contribution < 1.29 is 13.2 Å². The standard InChI is InChI=1S/C17H19NO3S/c1-3-14(17(18)19)13-9-10-15(12-7-5-4-6-8-12)16(11-13)22(2,20)21/h4-11,14H,3H2,1-2H3,(H2,18,19). The maximum Gasteiger partial charge on any atom is 0.224 e. The zero-order chi connectivity index (χ0) is 16.3. The molecule has 2 aromatic rings. The molecular formula is C17H19NO3S. The lowest BCUT2D eigenvalue weighted by Gasteiger charge is -2.15. The molecule has 5 heteroatoms. The molecule has 0 aliphatic carbocycles. The van der Waals surface area contributed by atoms with Gasteiger partial charge in [-0.2, -0.15) is 0 Å². The maximum atomic E-state index is 12.1. The van der Waals surface area contributed by atoms with E-state index in [-0.39, 0.29) is 4.90 Å². The lowest BCUT2D eigenvalue weighted by atomic mass is 9.93. The summed E-state index contributed by atoms with van der Waals surface area (Å²) >= 11 is 0. The van der Waals surface area contributed by atoms with Crippen LogP contribution in [0.25, 0.3) is 11.1 Å². The zero-order valence-electron chi connectivity index (χ0n) is 12.6. The van der Waals surface area contributed by atoms with Gasteiger partial charge in [0.2, 0.25) is 5.91 Å². The number of rotatable bonds is 5. The lowest BCUT2D eigenvalue weighted by Crippen LogP contribution is -2.21. The molecule has 0 saturated heterocycles. The summed E-state index contributed by atoms with van der Waals surface area (Å²) in [6, 6.07) is 14.4. The molecule has 2 rings (SSSR count). The lowest BCUT2D eigenvalue weighted by molar-refractivity contribution is -0.119. The summed E-state index contributed by atoms with van der Waals surface area (Å²) < 4.78 is 24.3. The molecule has 1 atom stereocenters. The van der Waals surface area contributed by atoms with Crippen molar-refractivity contribution in [2.24, 2.45) is 5.73 Å². The topological polar surface area (TPSA) is 77.2 Å². The van der Waals surface area contributed by atoms with E-state index in [1.807, 2.05) is 37.3 Å². The highest BCUT2D eigenvalue weighted by Gasteiger charge is 2.21. The van der Waals surface area contributed by atoms with Gasteiger partial charge in [-0.15, -0.1) is 0 Å². The number of amides is 1. The predicted molar refractivity (Wildman–Crippen MR) is 87.2 cm³/mol. The Morgan fingerprint density at radius 2 is 1.77 bits per heavy atom. The smallest absolute Gasteiger partial charge is 0.224 e. The van der Waals surface area contributed by atoms with Crippen molar-refractivity contribution in [1.82, 2.24) is 0 Å². The van der Waals surface area contributed by atoms with Gasteiger partial charge in [-0.05, 0) is 23.6 Å². The summed E-state index contributed by atoms with van der Waals surface area (Å²) in [6.07, 6.45) is 1.70. The number of sulfone groups is 1. The molecule has 0 heterocycles. The minimum absolute atomic E-state index is 0.218. The van der Waals surface area contributed by atoms with Crippen LogP contribution in [0.4, 0.5) is 0 Å². The average Bonchev–Trinajstić information content (AvgIpc) is 2.47. The number of primary amides is 1. The van der Waals surface area contributed by atoms with Gasteiger partial charge in [0.1, 0.15) is 0 Å². The summed E-state index contributed by atoms with van der Waals surface area (Å²) in [5.41, 5.74) is 7.49. The van der Waals surface area contributed by atoms with Gasteiger partial charge in [0.25, 0.3) is 0 Å². The molecule has 4 nitrogen and oxygen atoms in total. The van der Waals surface area contributed by atoms with Crippen LogP contribution in [0.3, 0.4) is 0 Å². The Morgan fingerprint density at radius 1 is 1.14 bits per heavy atom. The largest absolute Gasteiger partial charge is 0.369 e. The second-order valence-corrected chi connectivity index (χ2v) is 7.24. The maximum absolute atomic E-state index is 12.1. The first-order valence-electron chi connectivity index (χ1n) is 7.03. The van der Waals surface area contributed by atoms with E-state index >= 15 is 0 Å². The molecule has 0 bridgehead atoms. The Balaban J connectivity index is 2.66. The molecule has 0 fully saturated rings. The van der Waals surface area contributed by atoms with E-state index in [1.165, 1.54) is 6.26 Å². The number of nitrogens with two attached hydrogens (primary N) is 1. The van der Waals surface area contributed by atoms with E-state index in [9.17, 15) is 13.2 Å². The predicted octanol–water partition coefficient (Wildman–Crippen LogP) is 2.74. The van der Waals surface area contributed by atoms with Crippen LogP contribution in [0.2, 0.25) is 0 Å². The molecule has 1 amide bonds. The van der Waals surface area contributed by atoms with E-state index < -0.39 is 21.7 Å². The molecular weight excluding hydrogens is 298 g/mol. The van der Waals surface area contributed by atoms with Crippen LogP contribution in [0.15, 0.2) is 53.4 Å². The first-order valence-corrected chi connectivity index (χ1v) is 8.92. The van der Waals surface area contributed by atoms with Crippen LogP contribution >= 0.6 is 0 Å². The highest BCUT2D eigenvalue weighted by molar-refractivity contribution is 7.90. The molecule has 0 aliphatic rings. The van der Waals surface area contributed by atoms with E-state index in [4.69, 9.17) is 5.73 Å². The van der Waals surface area contributed by atoms with Crippen LogP contribution in [-0.2, 0) is 14.6 Å². The van der Waals surface area contributed by atoms with Crippen molar-refractivity contribution in [2.45, 2.75) is 24.2 Å². The van der Waals surface area contributed by atoms with Crippen molar-refractivity contribution in [3.8, 4) is 11.1 Å². The third-order valence-corrected chi connectivity index (χ3v) is 4.78. The first kappa shape index (κ1) is 16.2. The van der Waals surface area contributed by atoms with Crippen molar-refractivity contribution >= 4 is 15.7 Å². The van der Waals surface area contributed by atoms with Crippen molar-refractivity contribution in [2.75, 3.05) is 6.26 Å². The highest BCUT2D eigenvalue weighted by atomic mass is 32.2. The van der Waals surface area contributed by atoms with Gasteiger partial charge in [-0.1, -0.05) is 49.4 Å². The van der Waals surface area contributed by atoms with Gasteiger partial charge >= 0.3 is 0 Å². The number of hydrogen-bond acceptors (Lipinski definition) is 3.